The summed E-state index contributed by atoms with van der Waals surface area (Å²) in [6.07, 6.45) is 2.29. The van der Waals surface area contributed by atoms with Gasteiger partial charge in [0.1, 0.15) is 0 Å². The zero-order valence-electron chi connectivity index (χ0n) is 16.9. The van der Waals surface area contributed by atoms with Crippen LogP contribution in [0.2, 0.25) is 0 Å². The molecule has 1 amide bonds. The molecule has 2 rings (SSSR count). The molecular formula is C21H34N4O2. The topological polar surface area (TPSA) is 66.0 Å². The third-order valence-corrected chi connectivity index (χ3v) is 4.77. The molecule has 0 bridgehead atoms. The second-order valence-electron chi connectivity index (χ2n) is 7.32. The van der Waals surface area contributed by atoms with Crippen LogP contribution >= 0.6 is 0 Å². The summed E-state index contributed by atoms with van der Waals surface area (Å²) in [7, 11) is 1.76. The number of morpholine rings is 1. The van der Waals surface area contributed by atoms with Gasteiger partial charge in [0.25, 0.3) is 0 Å². The number of rotatable bonds is 8. The Morgan fingerprint density at radius 1 is 1.19 bits per heavy atom. The molecule has 1 fully saturated rings. The molecule has 1 unspecified atom stereocenters. The van der Waals surface area contributed by atoms with Gasteiger partial charge >= 0.3 is 0 Å². The first kappa shape index (κ1) is 21.2. The van der Waals surface area contributed by atoms with E-state index in [2.05, 4.69) is 29.5 Å². The molecule has 1 aliphatic rings. The molecule has 0 spiro atoms. The molecule has 150 valence electrons. The number of ether oxygens (including phenoxy) is 1. The van der Waals surface area contributed by atoms with Crippen LogP contribution in [0.3, 0.4) is 0 Å². The number of carbonyl (C=O) groups excluding carboxylic acids is 1. The average Bonchev–Trinajstić information content (AvgIpc) is 2.70. The van der Waals surface area contributed by atoms with Gasteiger partial charge in [-0.25, -0.2) is 0 Å². The van der Waals surface area contributed by atoms with E-state index in [1.54, 1.807) is 7.05 Å². The number of nitrogens with zero attached hydrogens (tertiary/aromatic N) is 2. The highest BCUT2D eigenvalue weighted by atomic mass is 16.5. The van der Waals surface area contributed by atoms with E-state index in [4.69, 9.17) is 4.74 Å². The Labute approximate surface area is 163 Å². The largest absolute Gasteiger partial charge is 0.378 e. The number of hydrogen-bond acceptors (Lipinski definition) is 3. The van der Waals surface area contributed by atoms with Crippen LogP contribution < -0.4 is 10.6 Å². The van der Waals surface area contributed by atoms with E-state index in [9.17, 15) is 4.79 Å². The lowest BCUT2D eigenvalue weighted by Crippen LogP contribution is -2.47. The quantitative estimate of drug-likeness (QED) is 0.416. The minimum absolute atomic E-state index is 0.146. The summed E-state index contributed by atoms with van der Waals surface area (Å²) in [5.41, 5.74) is 1.02. The van der Waals surface area contributed by atoms with Gasteiger partial charge in [-0.1, -0.05) is 44.2 Å². The molecule has 1 aromatic carbocycles. The predicted octanol–water partition coefficient (Wildman–Crippen LogP) is 2.23. The van der Waals surface area contributed by atoms with Gasteiger partial charge in [-0.15, -0.1) is 0 Å². The minimum atomic E-state index is -0.237. The smallest absolute Gasteiger partial charge is 0.232 e. The van der Waals surface area contributed by atoms with Gasteiger partial charge in [0.05, 0.1) is 19.1 Å². The molecule has 0 radical (unpaired) electrons. The normalized spacial score (nSPS) is 16.3. The van der Waals surface area contributed by atoms with Gasteiger partial charge in [-0.3, -0.25) is 9.79 Å². The predicted molar refractivity (Wildman–Crippen MR) is 110 cm³/mol. The summed E-state index contributed by atoms with van der Waals surface area (Å²) in [4.78, 5) is 19.3. The molecule has 1 heterocycles. The van der Waals surface area contributed by atoms with Crippen molar-refractivity contribution in [3.63, 3.8) is 0 Å². The first-order valence-corrected chi connectivity index (χ1v) is 9.97. The van der Waals surface area contributed by atoms with Crippen LogP contribution in [0.1, 0.15) is 38.2 Å². The molecule has 27 heavy (non-hydrogen) atoms. The lowest BCUT2D eigenvalue weighted by atomic mass is 9.97. The van der Waals surface area contributed by atoms with Crippen LogP contribution in [-0.4, -0.2) is 63.2 Å². The Bertz CT molecular complexity index is 583. The Morgan fingerprint density at radius 3 is 2.52 bits per heavy atom. The van der Waals surface area contributed by atoms with Crippen molar-refractivity contribution in [2.45, 2.75) is 32.6 Å². The van der Waals surface area contributed by atoms with Crippen LogP contribution in [0.15, 0.2) is 35.3 Å². The lowest BCUT2D eigenvalue weighted by Gasteiger charge is -2.31. The van der Waals surface area contributed by atoms with Gasteiger partial charge in [0.15, 0.2) is 5.96 Å². The molecule has 0 aliphatic carbocycles. The molecule has 1 saturated heterocycles. The van der Waals surface area contributed by atoms with Crippen molar-refractivity contribution in [3.05, 3.63) is 35.9 Å². The van der Waals surface area contributed by atoms with Crippen LogP contribution in [0.5, 0.6) is 0 Å². The molecule has 0 saturated carbocycles. The Kier molecular flexibility index (Phi) is 9.11. The fraction of sp³-hybridized carbons (Fsp3) is 0.619. The van der Waals surface area contributed by atoms with Crippen LogP contribution in [0, 0.1) is 5.92 Å². The van der Waals surface area contributed by atoms with E-state index in [0.717, 1.165) is 24.5 Å². The summed E-state index contributed by atoms with van der Waals surface area (Å²) in [6.45, 7) is 8.40. The van der Waals surface area contributed by atoms with Crippen molar-refractivity contribution in [3.8, 4) is 0 Å². The van der Waals surface area contributed by atoms with Crippen molar-refractivity contribution in [2.24, 2.45) is 10.9 Å². The monoisotopic (exact) mass is 374 g/mol. The summed E-state index contributed by atoms with van der Waals surface area (Å²) in [5.74, 6) is 1.36. The number of guanidine groups is 1. The van der Waals surface area contributed by atoms with E-state index in [0.29, 0.717) is 38.8 Å². The highest BCUT2D eigenvalue weighted by Crippen LogP contribution is 2.18. The molecular weight excluding hydrogens is 340 g/mol. The number of nitrogens with one attached hydrogen (secondary N) is 2. The zero-order valence-corrected chi connectivity index (χ0v) is 16.9. The maximum Gasteiger partial charge on any atom is 0.232 e. The standard InChI is InChI=1S/C21H34N4O2/c1-17(2)8-7-11-23-21(22-3)24-16-19(18-9-5-4-6-10-18)20(26)25-12-14-27-15-13-25/h4-6,9-10,17,19H,7-8,11-16H2,1-3H3,(H2,22,23,24). The molecule has 1 atom stereocenters. The number of carbonyl (C=O) groups is 1. The van der Waals surface area contributed by atoms with E-state index >= 15 is 0 Å². The number of aliphatic imine (C=N–C) groups is 1. The highest BCUT2D eigenvalue weighted by molar-refractivity contribution is 5.86. The number of benzene rings is 1. The van der Waals surface area contributed by atoms with Gasteiger partial charge < -0.3 is 20.3 Å². The third kappa shape index (κ3) is 7.21. The maximum absolute atomic E-state index is 13.1. The Balaban J connectivity index is 1.96. The van der Waals surface area contributed by atoms with E-state index in [1.165, 1.54) is 6.42 Å². The first-order valence-electron chi connectivity index (χ1n) is 9.97. The van der Waals surface area contributed by atoms with Crippen LogP contribution in [0.4, 0.5) is 0 Å². The average molecular weight is 375 g/mol. The van der Waals surface area contributed by atoms with Crippen LogP contribution in [0.25, 0.3) is 0 Å². The summed E-state index contributed by atoms with van der Waals surface area (Å²) in [5, 5.41) is 6.68. The Morgan fingerprint density at radius 2 is 1.89 bits per heavy atom. The minimum Gasteiger partial charge on any atom is -0.378 e. The lowest BCUT2D eigenvalue weighted by molar-refractivity contribution is -0.136. The molecule has 1 aliphatic heterocycles. The van der Waals surface area contributed by atoms with E-state index < -0.39 is 0 Å². The van der Waals surface area contributed by atoms with Gasteiger partial charge in [-0.05, 0) is 24.3 Å². The number of amides is 1. The van der Waals surface area contributed by atoms with E-state index in [-0.39, 0.29) is 11.8 Å². The van der Waals surface area contributed by atoms with E-state index in [1.807, 2.05) is 35.2 Å². The summed E-state index contributed by atoms with van der Waals surface area (Å²) < 4.78 is 5.38. The SMILES string of the molecule is CN=C(NCCCC(C)C)NCC(C(=O)N1CCOCC1)c1ccccc1. The molecule has 0 aromatic heterocycles. The van der Waals surface area contributed by atoms with Crippen molar-refractivity contribution in [1.82, 2.24) is 15.5 Å². The fourth-order valence-corrected chi connectivity index (χ4v) is 3.17. The summed E-state index contributed by atoms with van der Waals surface area (Å²) >= 11 is 0. The molecule has 6 nitrogen and oxygen atoms in total. The fourth-order valence-electron chi connectivity index (χ4n) is 3.17. The van der Waals surface area contributed by atoms with Crippen molar-refractivity contribution in [1.29, 1.82) is 0 Å². The first-order chi connectivity index (χ1) is 13.1. The second kappa shape index (κ2) is 11.6. The highest BCUT2D eigenvalue weighted by Gasteiger charge is 2.27. The molecule has 1 aromatic rings. The van der Waals surface area contributed by atoms with Gasteiger partial charge in [0, 0.05) is 33.2 Å². The van der Waals surface area contributed by atoms with Gasteiger partial charge in [0.2, 0.25) is 5.91 Å². The van der Waals surface area contributed by atoms with Crippen LogP contribution in [-0.2, 0) is 9.53 Å². The van der Waals surface area contributed by atoms with Crippen molar-refractivity contribution in [2.75, 3.05) is 46.4 Å². The molecule has 6 heteroatoms. The zero-order chi connectivity index (χ0) is 19.5. The van der Waals surface area contributed by atoms with Crippen molar-refractivity contribution < 1.29 is 9.53 Å². The Hall–Kier alpha value is -2.08. The molecule has 2 N–H and O–H groups in total. The van der Waals surface area contributed by atoms with Crippen molar-refractivity contribution >= 4 is 11.9 Å². The maximum atomic E-state index is 13.1. The summed E-state index contributed by atoms with van der Waals surface area (Å²) in [6, 6.07) is 9.97. The van der Waals surface area contributed by atoms with Gasteiger partial charge in [-0.2, -0.15) is 0 Å². The second-order valence-corrected chi connectivity index (χ2v) is 7.32. The third-order valence-electron chi connectivity index (χ3n) is 4.77. The number of hydrogen-bond donors (Lipinski definition) is 2.